The first-order chi connectivity index (χ1) is 12.4. The Bertz CT molecular complexity index is 751. The molecule has 0 N–H and O–H groups in total. The number of benzene rings is 2. The van der Waals surface area contributed by atoms with Gasteiger partial charge in [-0.3, -0.25) is 0 Å². The molecule has 0 atom stereocenters. The Hall–Kier alpha value is -2.32. The number of alkyl halides is 2. The Morgan fingerprint density at radius 1 is 1.00 bits per heavy atom. The second kappa shape index (κ2) is 9.40. The molecular formula is C21H22F3NO. The lowest BCUT2D eigenvalue weighted by Crippen LogP contribution is -2.23. The minimum Gasteiger partial charge on any atom is -0.315 e. The van der Waals surface area contributed by atoms with E-state index in [0.717, 1.165) is 25.3 Å². The van der Waals surface area contributed by atoms with Crippen molar-refractivity contribution in [2.75, 3.05) is 0 Å². The number of aryl methyl sites for hydroxylation is 1. The molecule has 0 aliphatic rings. The predicted molar refractivity (Wildman–Crippen MR) is 94.2 cm³/mol. The highest BCUT2D eigenvalue weighted by Gasteiger charge is 2.30. The predicted octanol–water partition coefficient (Wildman–Crippen LogP) is 5.78. The molecule has 138 valence electrons. The van der Waals surface area contributed by atoms with Crippen LogP contribution in [0.25, 0.3) is 0 Å². The quantitative estimate of drug-likeness (QED) is 0.530. The number of hydrogen-bond acceptors (Lipinski definition) is 2. The van der Waals surface area contributed by atoms with E-state index in [1.54, 1.807) is 18.2 Å². The summed E-state index contributed by atoms with van der Waals surface area (Å²) in [5.41, 5.74) is 1.76. The molecular weight excluding hydrogens is 339 g/mol. The highest BCUT2D eigenvalue weighted by atomic mass is 19.3. The second-order valence-electron chi connectivity index (χ2n) is 6.30. The highest BCUT2D eigenvalue weighted by molar-refractivity contribution is 5.33. The van der Waals surface area contributed by atoms with Crippen molar-refractivity contribution in [1.82, 2.24) is 0 Å². The van der Waals surface area contributed by atoms with Crippen LogP contribution in [0.5, 0.6) is 0 Å². The van der Waals surface area contributed by atoms with Gasteiger partial charge in [0, 0.05) is 0 Å². The normalized spacial score (nSPS) is 11.3. The largest absolute Gasteiger partial charge is 0.360 e. The lowest BCUT2D eigenvalue weighted by atomic mass is 10.1. The molecule has 0 bridgehead atoms. The molecule has 0 spiro atoms. The van der Waals surface area contributed by atoms with Gasteiger partial charge in [-0.05, 0) is 41.7 Å². The molecule has 2 aromatic rings. The lowest BCUT2D eigenvalue weighted by molar-refractivity contribution is -0.244. The maximum atomic E-state index is 14.0. The number of ether oxygens (including phenoxy) is 1. The van der Waals surface area contributed by atoms with Crippen molar-refractivity contribution in [3.8, 4) is 6.07 Å². The van der Waals surface area contributed by atoms with Crippen LogP contribution in [-0.4, -0.2) is 6.11 Å². The zero-order valence-corrected chi connectivity index (χ0v) is 14.8. The summed E-state index contributed by atoms with van der Waals surface area (Å²) in [6.07, 6.45) is 0.267. The Labute approximate surface area is 152 Å². The summed E-state index contributed by atoms with van der Waals surface area (Å²) in [4.78, 5) is 0. The van der Waals surface area contributed by atoms with Crippen molar-refractivity contribution in [1.29, 1.82) is 5.26 Å². The van der Waals surface area contributed by atoms with Gasteiger partial charge in [-0.15, -0.1) is 0 Å². The number of nitriles is 1. The fourth-order valence-corrected chi connectivity index (χ4v) is 2.62. The van der Waals surface area contributed by atoms with Crippen LogP contribution < -0.4 is 0 Å². The number of rotatable bonds is 9. The molecule has 26 heavy (non-hydrogen) atoms. The van der Waals surface area contributed by atoms with Gasteiger partial charge in [0.25, 0.3) is 0 Å². The Kier molecular flexibility index (Phi) is 7.23. The molecule has 0 amide bonds. The average Bonchev–Trinajstić information content (AvgIpc) is 2.61. The van der Waals surface area contributed by atoms with Gasteiger partial charge in [0.15, 0.2) is 0 Å². The minimum absolute atomic E-state index is 0.0813. The molecule has 2 nitrogen and oxygen atoms in total. The first-order valence-electron chi connectivity index (χ1n) is 8.71. The zero-order chi connectivity index (χ0) is 19.0. The van der Waals surface area contributed by atoms with Crippen LogP contribution in [-0.2, 0) is 24.2 Å². The second-order valence-corrected chi connectivity index (χ2v) is 6.30. The van der Waals surface area contributed by atoms with Gasteiger partial charge in [-0.1, -0.05) is 50.1 Å². The molecule has 0 aliphatic carbocycles. The summed E-state index contributed by atoms with van der Waals surface area (Å²) in [5.74, 6) is -0.806. The summed E-state index contributed by atoms with van der Waals surface area (Å²) in [5, 5.41) is 8.67. The van der Waals surface area contributed by atoms with E-state index in [1.165, 1.54) is 24.1 Å². The third-order valence-corrected chi connectivity index (χ3v) is 4.11. The standard InChI is InChI=1S/C21H22F3NO/c1-2-3-4-5-16-6-8-17(9-7-16)15-26-21(23,24)13-18-10-11-19(14-25)20(22)12-18/h6-12H,2-5,13,15H2,1H3. The SMILES string of the molecule is CCCCCc1ccc(COC(F)(F)Cc2ccc(C#N)c(F)c2)cc1. The maximum absolute atomic E-state index is 14.0. The Balaban J connectivity index is 1.89. The fraction of sp³-hybridized carbons (Fsp3) is 0.381. The van der Waals surface area contributed by atoms with Crippen molar-refractivity contribution in [3.05, 3.63) is 70.5 Å². The smallest absolute Gasteiger partial charge is 0.315 e. The van der Waals surface area contributed by atoms with Crippen LogP contribution in [0.3, 0.4) is 0 Å². The molecule has 5 heteroatoms. The molecule has 0 aliphatic heterocycles. The van der Waals surface area contributed by atoms with E-state index in [9.17, 15) is 13.2 Å². The van der Waals surface area contributed by atoms with Crippen LogP contribution in [0.2, 0.25) is 0 Å². The van der Waals surface area contributed by atoms with Gasteiger partial charge < -0.3 is 4.74 Å². The van der Waals surface area contributed by atoms with Crippen molar-refractivity contribution in [2.24, 2.45) is 0 Å². The molecule has 2 aromatic carbocycles. The van der Waals surface area contributed by atoms with E-state index in [4.69, 9.17) is 10.00 Å². The molecule has 0 heterocycles. The van der Waals surface area contributed by atoms with Gasteiger partial charge in [0.1, 0.15) is 11.9 Å². The van der Waals surface area contributed by atoms with Crippen LogP contribution in [0.4, 0.5) is 13.2 Å². The van der Waals surface area contributed by atoms with Crippen molar-refractivity contribution < 1.29 is 17.9 Å². The van der Waals surface area contributed by atoms with Crippen LogP contribution in [0, 0.1) is 17.1 Å². The minimum atomic E-state index is -3.42. The van der Waals surface area contributed by atoms with E-state index in [0.29, 0.717) is 5.56 Å². The van der Waals surface area contributed by atoms with E-state index >= 15 is 0 Å². The Morgan fingerprint density at radius 3 is 2.27 bits per heavy atom. The third kappa shape index (κ3) is 6.20. The molecule has 0 saturated heterocycles. The summed E-state index contributed by atoms with van der Waals surface area (Å²) < 4.78 is 46.2. The van der Waals surface area contributed by atoms with E-state index in [1.807, 2.05) is 12.1 Å². The molecule has 0 fully saturated rings. The van der Waals surface area contributed by atoms with E-state index in [2.05, 4.69) is 6.92 Å². The summed E-state index contributed by atoms with van der Waals surface area (Å²) >= 11 is 0. The van der Waals surface area contributed by atoms with Gasteiger partial charge >= 0.3 is 6.11 Å². The lowest BCUT2D eigenvalue weighted by Gasteiger charge is -2.17. The van der Waals surface area contributed by atoms with Gasteiger partial charge in [-0.25, -0.2) is 4.39 Å². The number of unbranched alkanes of at least 4 members (excludes halogenated alkanes) is 2. The van der Waals surface area contributed by atoms with Crippen LogP contribution >= 0.6 is 0 Å². The third-order valence-electron chi connectivity index (χ3n) is 4.11. The van der Waals surface area contributed by atoms with Gasteiger partial charge in [0.2, 0.25) is 0 Å². The summed E-state index contributed by atoms with van der Waals surface area (Å²) in [6, 6.07) is 12.6. The van der Waals surface area contributed by atoms with Gasteiger partial charge in [0.05, 0.1) is 18.6 Å². The first kappa shape index (κ1) is 20.0. The molecule has 0 unspecified atom stereocenters. The molecule has 2 rings (SSSR count). The maximum Gasteiger partial charge on any atom is 0.360 e. The summed E-state index contributed by atoms with van der Waals surface area (Å²) in [6.45, 7) is 1.92. The van der Waals surface area contributed by atoms with Crippen LogP contribution in [0.1, 0.15) is 48.4 Å². The Morgan fingerprint density at radius 2 is 1.65 bits per heavy atom. The molecule has 0 radical (unpaired) electrons. The summed E-state index contributed by atoms with van der Waals surface area (Å²) in [7, 11) is 0. The van der Waals surface area contributed by atoms with Crippen molar-refractivity contribution in [2.45, 2.75) is 51.7 Å². The van der Waals surface area contributed by atoms with E-state index < -0.39 is 18.3 Å². The average molecular weight is 361 g/mol. The van der Waals surface area contributed by atoms with Crippen LogP contribution in [0.15, 0.2) is 42.5 Å². The highest BCUT2D eigenvalue weighted by Crippen LogP contribution is 2.24. The fourth-order valence-electron chi connectivity index (χ4n) is 2.62. The number of hydrogen-bond donors (Lipinski definition) is 0. The topological polar surface area (TPSA) is 33.0 Å². The number of halogens is 3. The zero-order valence-electron chi connectivity index (χ0n) is 14.8. The number of nitrogens with zero attached hydrogens (tertiary/aromatic N) is 1. The van der Waals surface area contributed by atoms with Gasteiger partial charge in [-0.2, -0.15) is 14.0 Å². The monoisotopic (exact) mass is 361 g/mol. The first-order valence-corrected chi connectivity index (χ1v) is 8.71. The molecule has 0 saturated carbocycles. The van der Waals surface area contributed by atoms with Crippen molar-refractivity contribution >= 4 is 0 Å². The molecule has 0 aromatic heterocycles. The van der Waals surface area contributed by atoms with Crippen molar-refractivity contribution in [3.63, 3.8) is 0 Å². The van der Waals surface area contributed by atoms with E-state index in [-0.39, 0.29) is 17.7 Å².